The highest BCUT2D eigenvalue weighted by Gasteiger charge is 2.23. The van der Waals surface area contributed by atoms with Crippen molar-refractivity contribution >= 4 is 5.84 Å². The monoisotopic (exact) mass is 470 g/mol. The Morgan fingerprint density at radius 3 is 1.89 bits per heavy atom. The lowest BCUT2D eigenvalue weighted by molar-refractivity contribution is 0.300. The molecule has 5 nitrogen and oxygen atoms in total. The average molecular weight is 471 g/mol. The first kappa shape index (κ1) is 21.3. The first-order valence-electron chi connectivity index (χ1n) is 12.3. The van der Waals surface area contributed by atoms with E-state index >= 15 is 0 Å². The van der Waals surface area contributed by atoms with Gasteiger partial charge in [0.25, 0.3) is 0 Å². The van der Waals surface area contributed by atoms with Crippen LogP contribution in [0.25, 0.3) is 0 Å². The fourth-order valence-corrected chi connectivity index (χ4v) is 3.75. The Kier molecular flexibility index (Phi) is 6.30. The zero-order valence-electron chi connectivity index (χ0n) is 21.8. The van der Waals surface area contributed by atoms with Crippen LogP contribution in [0.5, 0.6) is 17.2 Å². The fourth-order valence-electron chi connectivity index (χ4n) is 3.75. The minimum Gasteiger partial charge on any atom is -0.508 e. The number of rotatable bonds is 9. The summed E-state index contributed by atoms with van der Waals surface area (Å²) in [6.45, 7) is 4.88. The molecule has 0 saturated carbocycles. The molecular weight excluding hydrogens is 436 g/mol. The lowest BCUT2D eigenvalue weighted by atomic mass is 9.78. The van der Waals surface area contributed by atoms with Crippen molar-refractivity contribution in [1.29, 1.82) is 5.41 Å². The molecule has 0 aromatic heterocycles. The van der Waals surface area contributed by atoms with Crippen molar-refractivity contribution in [1.82, 2.24) is 0 Å². The van der Waals surface area contributed by atoms with Crippen molar-refractivity contribution in [2.75, 3.05) is 0 Å². The molecule has 0 heterocycles. The van der Waals surface area contributed by atoms with E-state index in [1.54, 1.807) is 12.1 Å². The van der Waals surface area contributed by atoms with Gasteiger partial charge in [-0.1, -0.05) is 56.3 Å². The maximum Gasteiger partial charge on any atom is 0.122 e. The van der Waals surface area contributed by atoms with Gasteiger partial charge in [0, 0.05) is 11.0 Å². The molecular formula is C30H30N2O3. The molecule has 0 atom stereocenters. The molecule has 4 N–H and O–H groups in total. The molecule has 0 unspecified atom stereocenters. The van der Waals surface area contributed by atoms with Crippen molar-refractivity contribution in [2.45, 2.75) is 32.5 Å². The maximum absolute atomic E-state index is 9.58. The van der Waals surface area contributed by atoms with Crippen LogP contribution in [0.15, 0.2) is 97.0 Å². The minimum atomic E-state index is -0.217. The van der Waals surface area contributed by atoms with E-state index in [0.29, 0.717) is 12.2 Å². The van der Waals surface area contributed by atoms with Crippen LogP contribution in [-0.4, -0.2) is 10.9 Å². The van der Waals surface area contributed by atoms with Crippen molar-refractivity contribution in [3.05, 3.63) is 125 Å². The van der Waals surface area contributed by atoms with Crippen molar-refractivity contribution in [2.24, 2.45) is 5.73 Å². The van der Waals surface area contributed by atoms with Gasteiger partial charge in [0.2, 0.25) is 0 Å². The molecule has 0 saturated heterocycles. The molecule has 0 bridgehead atoms. The van der Waals surface area contributed by atoms with Crippen LogP contribution in [-0.2, 0) is 18.6 Å². The largest absolute Gasteiger partial charge is 0.508 e. The summed E-state index contributed by atoms with van der Waals surface area (Å²) in [7, 11) is 0. The fraction of sp³-hybridized carbons (Fsp3) is 0.167. The topological polar surface area (TPSA) is 88.6 Å². The Hall–Kier alpha value is -4.25. The Balaban J connectivity index is 1.38. The molecule has 0 fully saturated rings. The Labute approximate surface area is 209 Å². The Morgan fingerprint density at radius 1 is 0.829 bits per heavy atom. The summed E-state index contributed by atoms with van der Waals surface area (Å²) in [5.74, 6) is 0.985. The van der Waals surface area contributed by atoms with Crippen LogP contribution < -0.4 is 15.2 Å². The highest BCUT2D eigenvalue weighted by molar-refractivity contribution is 5.94. The first-order chi connectivity index (χ1) is 17.6. The van der Waals surface area contributed by atoms with Gasteiger partial charge in [0.1, 0.15) is 36.3 Å². The summed E-state index contributed by atoms with van der Waals surface area (Å²) >= 11 is 0. The second kappa shape index (κ2) is 10.3. The van der Waals surface area contributed by atoms with Gasteiger partial charge in [0.05, 0.1) is 2.74 Å². The number of phenols is 1. The number of phenolic OH excluding ortho intramolecular Hbond substituents is 1. The van der Waals surface area contributed by atoms with Crippen LogP contribution in [0.3, 0.4) is 0 Å². The molecule has 178 valence electrons. The number of benzene rings is 4. The number of ether oxygens (including phenoxy) is 2. The van der Waals surface area contributed by atoms with Gasteiger partial charge in [-0.25, -0.2) is 0 Å². The number of nitrogens with two attached hydrogens (primary N) is 1. The predicted octanol–water partition coefficient (Wildman–Crippen LogP) is 6.16. The van der Waals surface area contributed by atoms with Crippen LogP contribution in [0.2, 0.25) is 0 Å². The smallest absolute Gasteiger partial charge is 0.122 e. The summed E-state index contributed by atoms with van der Waals surface area (Å²) in [5, 5.41) is 17.1. The molecule has 0 spiro atoms. The summed E-state index contributed by atoms with van der Waals surface area (Å²) < 4.78 is 28.0. The van der Waals surface area contributed by atoms with E-state index in [9.17, 15) is 5.11 Å². The van der Waals surface area contributed by atoms with Gasteiger partial charge >= 0.3 is 0 Å². The van der Waals surface area contributed by atoms with E-state index in [2.05, 4.69) is 26.0 Å². The second-order valence-electron chi connectivity index (χ2n) is 8.87. The second-order valence-corrected chi connectivity index (χ2v) is 8.87. The number of amidine groups is 1. The zero-order valence-corrected chi connectivity index (χ0v) is 19.8. The van der Waals surface area contributed by atoms with E-state index in [1.807, 2.05) is 48.5 Å². The third-order valence-corrected chi connectivity index (χ3v) is 5.97. The molecule has 4 aromatic rings. The maximum atomic E-state index is 9.58. The average Bonchev–Trinajstić information content (AvgIpc) is 2.87. The van der Waals surface area contributed by atoms with Crippen molar-refractivity contribution < 1.29 is 17.3 Å². The summed E-state index contributed by atoms with van der Waals surface area (Å²) in [6, 6.07) is 26.0. The zero-order chi connectivity index (χ0) is 26.6. The summed E-state index contributed by atoms with van der Waals surface area (Å²) in [6.07, 6.45) is 0. The van der Waals surface area contributed by atoms with Crippen molar-refractivity contribution in [3.8, 4) is 17.2 Å². The standard InChI is InChI=1S/C30H30N2O3/c1-30(2,24-8-12-26(33)13-9-24)25-10-16-28(17-11-25)35-20-22-5-3-4-21(18-22)19-34-27-14-6-23(7-15-27)29(31)32/h3-18,33H,19-20H2,1-2H3,(H3,31,32)/i14T,15T. The number of nitrogens with one attached hydrogen (secondary N) is 1. The lowest BCUT2D eigenvalue weighted by Crippen LogP contribution is -2.18. The molecule has 35 heavy (non-hydrogen) atoms. The summed E-state index contributed by atoms with van der Waals surface area (Å²) in [5.41, 5.74) is 9.70. The molecule has 4 rings (SSSR count). The molecule has 0 aliphatic rings. The van der Waals surface area contributed by atoms with E-state index in [4.69, 9.17) is 23.4 Å². The van der Waals surface area contributed by atoms with Crippen LogP contribution in [0.4, 0.5) is 0 Å². The quantitative estimate of drug-likeness (QED) is 0.202. The van der Waals surface area contributed by atoms with E-state index in [-0.39, 0.29) is 41.4 Å². The lowest BCUT2D eigenvalue weighted by Gasteiger charge is -2.26. The summed E-state index contributed by atoms with van der Waals surface area (Å²) in [4.78, 5) is 0. The molecule has 0 radical (unpaired) electrons. The minimum absolute atomic E-state index is 0.0224. The highest BCUT2D eigenvalue weighted by Crippen LogP contribution is 2.33. The van der Waals surface area contributed by atoms with E-state index in [0.717, 1.165) is 28.0 Å². The van der Waals surface area contributed by atoms with E-state index < -0.39 is 0 Å². The van der Waals surface area contributed by atoms with Gasteiger partial charge < -0.3 is 20.3 Å². The highest BCUT2D eigenvalue weighted by atomic mass is 16.5. The third-order valence-electron chi connectivity index (χ3n) is 5.97. The SMILES string of the molecule is [3H]c1cc(C(=N)N)cc([3H])c1OCc1cccc(COc2ccc(C(C)(C)c3ccc(O)cc3)cc2)c1. The molecule has 0 amide bonds. The van der Waals surface area contributed by atoms with Gasteiger partial charge in [-0.2, -0.15) is 0 Å². The Bertz CT molecular complexity index is 1380. The van der Waals surface area contributed by atoms with Gasteiger partial charge in [-0.3, -0.25) is 5.41 Å². The number of nitrogen functional groups attached to an aromatic ring is 1. The van der Waals surface area contributed by atoms with Crippen molar-refractivity contribution in [3.63, 3.8) is 0 Å². The molecule has 0 aliphatic heterocycles. The van der Waals surface area contributed by atoms with Gasteiger partial charge in [-0.05, 0) is 76.8 Å². The van der Waals surface area contributed by atoms with Crippen LogP contribution in [0.1, 0.15) is 44.4 Å². The number of hydrogen-bond acceptors (Lipinski definition) is 4. The van der Waals surface area contributed by atoms with Crippen LogP contribution >= 0.6 is 0 Å². The van der Waals surface area contributed by atoms with Gasteiger partial charge in [0.15, 0.2) is 0 Å². The molecule has 4 aromatic carbocycles. The molecule has 0 aliphatic carbocycles. The number of aromatic hydroxyl groups is 1. The molecule has 5 heteroatoms. The predicted molar refractivity (Wildman–Crippen MR) is 139 cm³/mol. The van der Waals surface area contributed by atoms with Gasteiger partial charge in [-0.15, -0.1) is 0 Å². The number of hydrogen-bond donors (Lipinski definition) is 3. The Morgan fingerprint density at radius 2 is 1.34 bits per heavy atom. The van der Waals surface area contributed by atoms with E-state index in [1.165, 1.54) is 12.1 Å². The first-order valence-corrected chi connectivity index (χ1v) is 11.3. The normalized spacial score (nSPS) is 11.9. The third kappa shape index (κ3) is 6.01. The van der Waals surface area contributed by atoms with Crippen LogP contribution in [0, 0.1) is 5.41 Å².